The molecule has 1 aromatic heterocycles. The van der Waals surface area contributed by atoms with Gasteiger partial charge in [-0.15, -0.1) is 11.3 Å². The number of nitrogens with zero attached hydrogens (tertiary/aromatic N) is 2. The largest absolute Gasteiger partial charge is 0.458 e. The number of aromatic nitrogens is 1. The average molecular weight is 410 g/mol. The zero-order valence-corrected chi connectivity index (χ0v) is 17.3. The van der Waals surface area contributed by atoms with E-state index in [1.165, 1.54) is 23.2 Å². The molecule has 0 spiro atoms. The van der Waals surface area contributed by atoms with E-state index >= 15 is 0 Å². The Morgan fingerprint density at radius 1 is 1.28 bits per heavy atom. The maximum atomic E-state index is 13.2. The molecule has 7 heteroatoms. The highest BCUT2D eigenvalue weighted by Gasteiger charge is 2.50. The van der Waals surface area contributed by atoms with Gasteiger partial charge in [0.25, 0.3) is 12.2 Å². The first-order valence-corrected chi connectivity index (χ1v) is 10.6. The van der Waals surface area contributed by atoms with E-state index < -0.39 is 12.3 Å². The van der Waals surface area contributed by atoms with E-state index in [9.17, 15) is 9.59 Å². The fourth-order valence-corrected chi connectivity index (χ4v) is 4.66. The molecular formula is C22H22N2O4S. The minimum atomic E-state index is -0.783. The number of ether oxygens (including phenoxy) is 2. The minimum absolute atomic E-state index is 0.0130. The molecule has 1 aliphatic carbocycles. The maximum absolute atomic E-state index is 13.2. The number of cyclic esters (lactones) is 1. The monoisotopic (exact) mass is 410 g/mol. The van der Waals surface area contributed by atoms with Crippen LogP contribution >= 0.6 is 11.3 Å². The van der Waals surface area contributed by atoms with Gasteiger partial charge in [-0.05, 0) is 24.5 Å². The van der Waals surface area contributed by atoms with Crippen molar-refractivity contribution in [3.63, 3.8) is 0 Å². The minimum Gasteiger partial charge on any atom is -0.458 e. The van der Waals surface area contributed by atoms with E-state index in [0.717, 1.165) is 12.0 Å². The summed E-state index contributed by atoms with van der Waals surface area (Å²) in [7, 11) is 0. The molecule has 0 bridgehead atoms. The van der Waals surface area contributed by atoms with E-state index in [1.54, 1.807) is 24.1 Å². The van der Waals surface area contributed by atoms with Crippen molar-refractivity contribution < 1.29 is 19.1 Å². The zero-order valence-electron chi connectivity index (χ0n) is 16.5. The normalized spacial score (nSPS) is 25.9. The van der Waals surface area contributed by atoms with Crippen molar-refractivity contribution >= 4 is 28.3 Å². The highest BCUT2D eigenvalue weighted by atomic mass is 32.1. The van der Waals surface area contributed by atoms with E-state index in [2.05, 4.69) is 17.1 Å². The van der Waals surface area contributed by atoms with Crippen LogP contribution in [0.25, 0.3) is 0 Å². The third-order valence-corrected chi connectivity index (χ3v) is 5.99. The lowest BCUT2D eigenvalue weighted by atomic mass is 9.97. The van der Waals surface area contributed by atoms with Crippen molar-refractivity contribution in [2.45, 2.75) is 39.5 Å². The number of esters is 1. The fourth-order valence-electron chi connectivity index (χ4n) is 3.99. The molecule has 1 aromatic carbocycles. The standard InChI is InChI=1S/C20H16N2O4S.C2H6/c1-11-8-16(26-19(11)24)25-10-15-14-9-12-4-2-3-5-13(12)17(14)22(18(15)23)20-21-6-7-27-20;1-2/h2-8,10,14,16-17H,9H2,1H3;1-2H3/b15-10+;. The van der Waals surface area contributed by atoms with Gasteiger partial charge in [0.05, 0.1) is 17.9 Å². The van der Waals surface area contributed by atoms with Crippen LogP contribution in [-0.4, -0.2) is 23.2 Å². The molecule has 3 atom stereocenters. The third kappa shape index (κ3) is 3.25. The van der Waals surface area contributed by atoms with Crippen molar-refractivity contribution in [1.29, 1.82) is 0 Å². The van der Waals surface area contributed by atoms with Crippen molar-refractivity contribution in [1.82, 2.24) is 4.98 Å². The lowest BCUT2D eigenvalue weighted by Crippen LogP contribution is -2.27. The Hall–Kier alpha value is -2.93. The second kappa shape index (κ2) is 7.83. The summed E-state index contributed by atoms with van der Waals surface area (Å²) in [6.45, 7) is 5.67. The average Bonchev–Trinajstić information content (AvgIpc) is 3.48. The van der Waals surface area contributed by atoms with Gasteiger partial charge in [0.1, 0.15) is 0 Å². The van der Waals surface area contributed by atoms with Gasteiger partial charge in [-0.2, -0.15) is 0 Å². The van der Waals surface area contributed by atoms with Gasteiger partial charge in [-0.3, -0.25) is 9.69 Å². The summed E-state index contributed by atoms with van der Waals surface area (Å²) >= 11 is 1.44. The van der Waals surface area contributed by atoms with Crippen LogP contribution in [0, 0.1) is 5.92 Å². The van der Waals surface area contributed by atoms with Crippen molar-refractivity contribution in [2.75, 3.05) is 4.90 Å². The molecule has 150 valence electrons. The van der Waals surface area contributed by atoms with Crippen LogP contribution in [0.3, 0.4) is 0 Å². The smallest absolute Gasteiger partial charge is 0.336 e. The molecule has 6 nitrogen and oxygen atoms in total. The number of carbonyl (C=O) groups excluding carboxylic acids is 2. The molecule has 1 fully saturated rings. The van der Waals surface area contributed by atoms with Gasteiger partial charge in [-0.25, -0.2) is 9.78 Å². The summed E-state index contributed by atoms with van der Waals surface area (Å²) in [6.07, 6.45) is 4.76. The summed E-state index contributed by atoms with van der Waals surface area (Å²) < 4.78 is 10.7. The molecule has 3 unspecified atom stereocenters. The topological polar surface area (TPSA) is 68.7 Å². The Balaban J connectivity index is 0.000000994. The van der Waals surface area contributed by atoms with Crippen molar-refractivity contribution in [3.05, 3.63) is 70.5 Å². The van der Waals surface area contributed by atoms with Crippen LogP contribution in [-0.2, 0) is 25.5 Å². The first-order chi connectivity index (χ1) is 14.1. The second-order valence-corrected chi connectivity index (χ2v) is 7.65. The van der Waals surface area contributed by atoms with Crippen LogP contribution in [0.5, 0.6) is 0 Å². The summed E-state index contributed by atoms with van der Waals surface area (Å²) in [5.41, 5.74) is 3.47. The molecule has 5 rings (SSSR count). The van der Waals surface area contributed by atoms with Crippen molar-refractivity contribution in [3.8, 4) is 0 Å². The lowest BCUT2D eigenvalue weighted by molar-refractivity contribution is -0.152. The zero-order chi connectivity index (χ0) is 20.5. The van der Waals surface area contributed by atoms with Crippen LogP contribution in [0.2, 0.25) is 0 Å². The van der Waals surface area contributed by atoms with Gasteiger partial charge in [0.15, 0.2) is 5.13 Å². The van der Waals surface area contributed by atoms with Gasteiger partial charge >= 0.3 is 5.97 Å². The SMILES string of the molecule is CC.CC1=CC(O/C=C2/C(=O)N(c3nccs3)C3c4ccccc4CC23)OC1=O. The van der Waals surface area contributed by atoms with E-state index in [1.807, 2.05) is 31.4 Å². The molecule has 29 heavy (non-hydrogen) atoms. The molecule has 0 N–H and O–H groups in total. The first-order valence-electron chi connectivity index (χ1n) is 9.69. The number of rotatable bonds is 3. The summed E-state index contributed by atoms with van der Waals surface area (Å²) in [6, 6.07) is 8.10. The molecular weight excluding hydrogens is 388 g/mol. The maximum Gasteiger partial charge on any atom is 0.336 e. The third-order valence-electron chi connectivity index (χ3n) is 5.22. The number of hydrogen-bond acceptors (Lipinski definition) is 6. The first kappa shape index (κ1) is 19.4. The summed E-state index contributed by atoms with van der Waals surface area (Å²) in [5, 5.41) is 2.54. The molecule has 3 heterocycles. The Labute approximate surface area is 173 Å². The number of hydrogen-bond donors (Lipinski definition) is 0. The molecule has 0 radical (unpaired) electrons. The van der Waals surface area contributed by atoms with Gasteiger partial charge in [-0.1, -0.05) is 38.1 Å². The molecule has 3 aliphatic rings. The number of anilines is 1. The van der Waals surface area contributed by atoms with E-state index in [0.29, 0.717) is 16.3 Å². The molecule has 2 aromatic rings. The van der Waals surface area contributed by atoms with Crippen LogP contribution < -0.4 is 4.90 Å². The highest BCUT2D eigenvalue weighted by molar-refractivity contribution is 7.13. The molecule has 1 amide bonds. The highest BCUT2D eigenvalue weighted by Crippen LogP contribution is 2.51. The quantitative estimate of drug-likeness (QED) is 0.432. The summed E-state index contributed by atoms with van der Waals surface area (Å²) in [5.74, 6) is -0.521. The predicted molar refractivity (Wildman–Crippen MR) is 110 cm³/mol. The number of thiazole rings is 1. The summed E-state index contributed by atoms with van der Waals surface area (Å²) in [4.78, 5) is 30.8. The number of benzene rings is 1. The Morgan fingerprint density at radius 3 is 2.76 bits per heavy atom. The molecule has 0 saturated carbocycles. The Bertz CT molecular complexity index is 996. The van der Waals surface area contributed by atoms with E-state index in [-0.39, 0.29) is 17.9 Å². The van der Waals surface area contributed by atoms with E-state index in [4.69, 9.17) is 9.47 Å². The predicted octanol–water partition coefficient (Wildman–Crippen LogP) is 4.16. The second-order valence-electron chi connectivity index (χ2n) is 6.78. The Kier molecular flexibility index (Phi) is 5.24. The molecule has 1 saturated heterocycles. The van der Waals surface area contributed by atoms with Gasteiger partial charge < -0.3 is 9.47 Å². The number of carbonyl (C=O) groups is 2. The molecule has 2 aliphatic heterocycles. The number of fused-ring (bicyclic) bond motifs is 3. The van der Waals surface area contributed by atoms with Crippen LogP contribution in [0.1, 0.15) is 37.9 Å². The van der Waals surface area contributed by atoms with Crippen molar-refractivity contribution in [2.24, 2.45) is 5.92 Å². The van der Waals surface area contributed by atoms with Crippen LogP contribution in [0.4, 0.5) is 5.13 Å². The van der Waals surface area contributed by atoms with Gasteiger partial charge in [0.2, 0.25) is 0 Å². The fraction of sp³-hybridized carbons (Fsp3) is 0.318. The Morgan fingerprint density at radius 2 is 2.07 bits per heavy atom. The van der Waals surface area contributed by atoms with Crippen LogP contribution in [0.15, 0.2) is 59.3 Å². The number of amides is 1. The van der Waals surface area contributed by atoms with Gasteiger partial charge in [0, 0.05) is 29.1 Å². The lowest BCUT2D eigenvalue weighted by Gasteiger charge is -2.21.